The molecule has 88 valence electrons. The molecular formula is C12H13N3O2. The van der Waals surface area contributed by atoms with Gasteiger partial charge in [0.2, 0.25) is 11.7 Å². The molecule has 1 aromatic heterocycles. The molecule has 0 atom stereocenters. The van der Waals surface area contributed by atoms with Gasteiger partial charge in [-0.25, -0.2) is 0 Å². The molecule has 2 aromatic rings. The second-order valence-corrected chi connectivity index (χ2v) is 4.29. The molecule has 1 fully saturated rings. The highest BCUT2D eigenvalue weighted by Gasteiger charge is 2.20. The maximum atomic E-state index is 9.20. The number of rotatable bonds is 3. The highest BCUT2D eigenvalue weighted by Crippen LogP contribution is 2.20. The summed E-state index contributed by atoms with van der Waals surface area (Å²) in [5.41, 5.74) is 0.851. The third kappa shape index (κ3) is 2.14. The van der Waals surface area contributed by atoms with Crippen molar-refractivity contribution in [3.05, 3.63) is 30.2 Å². The molecule has 0 bridgehead atoms. The van der Waals surface area contributed by atoms with E-state index in [1.165, 1.54) is 0 Å². The maximum absolute atomic E-state index is 9.20. The SMILES string of the molecule is Oc1ccc(-c2noc(CC3CNC3)n2)cc1. The smallest absolute Gasteiger partial charge is 0.227 e. The van der Waals surface area contributed by atoms with Gasteiger partial charge in [-0.05, 0) is 43.3 Å². The average Bonchev–Trinajstić information content (AvgIpc) is 2.73. The van der Waals surface area contributed by atoms with E-state index in [1.54, 1.807) is 24.3 Å². The molecule has 17 heavy (non-hydrogen) atoms. The predicted octanol–water partition coefficient (Wildman–Crippen LogP) is 1.20. The standard InChI is InChI=1S/C12H13N3O2/c16-10-3-1-9(2-4-10)12-14-11(17-15-12)5-8-6-13-7-8/h1-4,8,13,16H,5-7H2. The summed E-state index contributed by atoms with van der Waals surface area (Å²) in [6, 6.07) is 6.77. The van der Waals surface area contributed by atoms with Crippen LogP contribution < -0.4 is 5.32 Å². The van der Waals surface area contributed by atoms with Crippen molar-refractivity contribution in [3.63, 3.8) is 0 Å². The molecule has 1 aliphatic rings. The lowest BCUT2D eigenvalue weighted by molar-refractivity contribution is 0.296. The summed E-state index contributed by atoms with van der Waals surface area (Å²) in [4.78, 5) is 4.34. The molecular weight excluding hydrogens is 218 g/mol. The van der Waals surface area contributed by atoms with E-state index in [9.17, 15) is 5.11 Å². The lowest BCUT2D eigenvalue weighted by atomic mass is 10.00. The van der Waals surface area contributed by atoms with Crippen LogP contribution in [0.3, 0.4) is 0 Å². The minimum atomic E-state index is 0.234. The lowest BCUT2D eigenvalue weighted by Gasteiger charge is -2.25. The van der Waals surface area contributed by atoms with Crippen molar-refractivity contribution in [3.8, 4) is 17.1 Å². The minimum Gasteiger partial charge on any atom is -0.508 e. The molecule has 0 aliphatic carbocycles. The van der Waals surface area contributed by atoms with Gasteiger partial charge in [-0.2, -0.15) is 4.98 Å². The summed E-state index contributed by atoms with van der Waals surface area (Å²) in [5, 5.41) is 16.3. The van der Waals surface area contributed by atoms with Crippen molar-refractivity contribution < 1.29 is 9.63 Å². The summed E-state index contributed by atoms with van der Waals surface area (Å²) in [6.07, 6.45) is 0.831. The second-order valence-electron chi connectivity index (χ2n) is 4.29. The second kappa shape index (κ2) is 4.18. The van der Waals surface area contributed by atoms with E-state index < -0.39 is 0 Å². The van der Waals surface area contributed by atoms with Crippen LogP contribution >= 0.6 is 0 Å². The Morgan fingerprint density at radius 2 is 2.06 bits per heavy atom. The first-order valence-corrected chi connectivity index (χ1v) is 5.64. The van der Waals surface area contributed by atoms with Gasteiger partial charge in [-0.3, -0.25) is 0 Å². The summed E-state index contributed by atoms with van der Waals surface area (Å²) in [6.45, 7) is 2.05. The summed E-state index contributed by atoms with van der Waals surface area (Å²) < 4.78 is 5.20. The molecule has 3 rings (SSSR count). The van der Waals surface area contributed by atoms with Crippen LogP contribution in [0.25, 0.3) is 11.4 Å². The minimum absolute atomic E-state index is 0.234. The largest absolute Gasteiger partial charge is 0.508 e. The van der Waals surface area contributed by atoms with Crippen molar-refractivity contribution in [2.24, 2.45) is 5.92 Å². The van der Waals surface area contributed by atoms with Crippen LogP contribution in [0.2, 0.25) is 0 Å². The number of nitrogens with one attached hydrogen (secondary N) is 1. The van der Waals surface area contributed by atoms with Crippen molar-refractivity contribution >= 4 is 0 Å². The van der Waals surface area contributed by atoms with Crippen LogP contribution in [-0.4, -0.2) is 28.3 Å². The number of benzene rings is 1. The van der Waals surface area contributed by atoms with E-state index in [-0.39, 0.29) is 5.75 Å². The van der Waals surface area contributed by atoms with Gasteiger partial charge in [0.1, 0.15) is 5.75 Å². The monoisotopic (exact) mass is 231 g/mol. The van der Waals surface area contributed by atoms with E-state index in [0.717, 1.165) is 25.1 Å². The topological polar surface area (TPSA) is 71.2 Å². The van der Waals surface area contributed by atoms with E-state index in [0.29, 0.717) is 17.6 Å². The third-order valence-electron chi connectivity index (χ3n) is 2.92. The highest BCUT2D eigenvalue weighted by molar-refractivity contribution is 5.55. The molecule has 2 N–H and O–H groups in total. The van der Waals surface area contributed by atoms with Crippen molar-refractivity contribution in [1.29, 1.82) is 0 Å². The molecule has 1 saturated heterocycles. The third-order valence-corrected chi connectivity index (χ3v) is 2.92. The van der Waals surface area contributed by atoms with Crippen LogP contribution in [0.5, 0.6) is 5.75 Å². The zero-order chi connectivity index (χ0) is 11.7. The van der Waals surface area contributed by atoms with Crippen molar-refractivity contribution in [1.82, 2.24) is 15.5 Å². The number of phenolic OH excluding ortho intramolecular Hbond substituents is 1. The first-order valence-electron chi connectivity index (χ1n) is 5.64. The zero-order valence-electron chi connectivity index (χ0n) is 9.26. The Morgan fingerprint density at radius 3 is 2.71 bits per heavy atom. The van der Waals surface area contributed by atoms with E-state index in [2.05, 4.69) is 15.5 Å². The molecule has 0 unspecified atom stereocenters. The van der Waals surface area contributed by atoms with E-state index in [4.69, 9.17) is 4.52 Å². The maximum Gasteiger partial charge on any atom is 0.227 e. The van der Waals surface area contributed by atoms with Gasteiger partial charge in [0.25, 0.3) is 0 Å². The number of nitrogens with zero attached hydrogens (tertiary/aromatic N) is 2. The molecule has 0 radical (unpaired) electrons. The Balaban J connectivity index is 1.76. The summed E-state index contributed by atoms with van der Waals surface area (Å²) in [7, 11) is 0. The van der Waals surface area contributed by atoms with Crippen LogP contribution in [0.1, 0.15) is 5.89 Å². The molecule has 2 heterocycles. The first kappa shape index (κ1) is 10.3. The van der Waals surface area contributed by atoms with Crippen LogP contribution in [-0.2, 0) is 6.42 Å². The molecule has 1 aromatic carbocycles. The lowest BCUT2D eigenvalue weighted by Crippen LogP contribution is -2.43. The zero-order valence-corrected chi connectivity index (χ0v) is 9.26. The van der Waals surface area contributed by atoms with Gasteiger partial charge < -0.3 is 14.9 Å². The number of hydrogen-bond acceptors (Lipinski definition) is 5. The Labute approximate surface area is 98.5 Å². The Bertz CT molecular complexity index is 503. The molecule has 5 nitrogen and oxygen atoms in total. The Kier molecular flexibility index (Phi) is 2.53. The van der Waals surface area contributed by atoms with Gasteiger partial charge in [0.15, 0.2) is 0 Å². The summed E-state index contributed by atoms with van der Waals surface area (Å²) >= 11 is 0. The number of phenols is 1. The number of aromatic nitrogens is 2. The molecule has 0 amide bonds. The predicted molar refractivity (Wildman–Crippen MR) is 61.5 cm³/mol. The van der Waals surface area contributed by atoms with Crippen LogP contribution in [0, 0.1) is 5.92 Å². The van der Waals surface area contributed by atoms with Crippen LogP contribution in [0.4, 0.5) is 0 Å². The normalized spacial score (nSPS) is 15.8. The molecule has 0 spiro atoms. The molecule has 5 heteroatoms. The fourth-order valence-corrected chi connectivity index (χ4v) is 1.81. The van der Waals surface area contributed by atoms with Gasteiger partial charge in [-0.1, -0.05) is 5.16 Å². The Hall–Kier alpha value is -1.88. The quantitative estimate of drug-likeness (QED) is 0.830. The highest BCUT2D eigenvalue weighted by atomic mass is 16.5. The number of hydrogen-bond donors (Lipinski definition) is 2. The summed E-state index contributed by atoms with van der Waals surface area (Å²) in [5.74, 6) is 2.10. The average molecular weight is 231 g/mol. The van der Waals surface area contributed by atoms with Crippen molar-refractivity contribution in [2.45, 2.75) is 6.42 Å². The fraction of sp³-hybridized carbons (Fsp3) is 0.333. The van der Waals surface area contributed by atoms with Crippen molar-refractivity contribution in [2.75, 3.05) is 13.1 Å². The van der Waals surface area contributed by atoms with Crippen LogP contribution in [0.15, 0.2) is 28.8 Å². The molecule has 1 aliphatic heterocycles. The first-order chi connectivity index (χ1) is 8.31. The van der Waals surface area contributed by atoms with Gasteiger partial charge >= 0.3 is 0 Å². The number of aromatic hydroxyl groups is 1. The van der Waals surface area contributed by atoms with E-state index >= 15 is 0 Å². The Morgan fingerprint density at radius 1 is 1.29 bits per heavy atom. The van der Waals surface area contributed by atoms with Gasteiger partial charge in [0.05, 0.1) is 0 Å². The van der Waals surface area contributed by atoms with E-state index in [1.807, 2.05) is 0 Å². The fourth-order valence-electron chi connectivity index (χ4n) is 1.81. The van der Waals surface area contributed by atoms with Gasteiger partial charge in [0, 0.05) is 12.0 Å². The molecule has 0 saturated carbocycles. The van der Waals surface area contributed by atoms with Gasteiger partial charge in [-0.15, -0.1) is 0 Å².